The third-order valence-electron chi connectivity index (χ3n) is 5.30. The van der Waals surface area contributed by atoms with E-state index < -0.39 is 0 Å². The predicted molar refractivity (Wildman–Crippen MR) is 71.8 cm³/mol. The minimum atomic E-state index is -0.390. The molecule has 3 aliphatic rings. The van der Waals surface area contributed by atoms with Gasteiger partial charge in [0.25, 0.3) is 0 Å². The highest BCUT2D eigenvalue weighted by molar-refractivity contribution is 5.71. The standard InChI is InChI=1S/C15H25NO3/c1-14(2)10-16(13(18)19-14)12-9-11(17)5-8-15(12)6-3-4-7-15/h11-12,17H,3-10H2,1-2H3. The molecule has 2 aliphatic carbocycles. The number of carbonyl (C=O) groups excluding carboxylic acids is 1. The molecular formula is C15H25NO3. The molecule has 1 amide bonds. The number of hydrogen-bond acceptors (Lipinski definition) is 3. The molecule has 1 spiro atoms. The Kier molecular flexibility index (Phi) is 3.04. The Labute approximate surface area is 115 Å². The lowest BCUT2D eigenvalue weighted by Gasteiger charge is -2.46. The molecule has 0 radical (unpaired) electrons. The molecule has 2 atom stereocenters. The van der Waals surface area contributed by atoms with Crippen LogP contribution in [0.2, 0.25) is 0 Å². The van der Waals surface area contributed by atoms with Crippen LogP contribution in [-0.4, -0.2) is 40.4 Å². The predicted octanol–water partition coefficient (Wildman–Crippen LogP) is 2.69. The molecule has 1 aliphatic heterocycles. The molecule has 3 rings (SSSR count). The second kappa shape index (κ2) is 4.37. The Bertz CT molecular complexity index is 374. The van der Waals surface area contributed by atoms with Gasteiger partial charge in [-0.15, -0.1) is 0 Å². The van der Waals surface area contributed by atoms with Crippen LogP contribution in [0.3, 0.4) is 0 Å². The van der Waals surface area contributed by atoms with Gasteiger partial charge in [0, 0.05) is 6.04 Å². The van der Waals surface area contributed by atoms with Gasteiger partial charge >= 0.3 is 6.09 Å². The van der Waals surface area contributed by atoms with Gasteiger partial charge in [-0.2, -0.15) is 0 Å². The lowest BCUT2D eigenvalue weighted by atomic mass is 9.67. The van der Waals surface area contributed by atoms with Gasteiger partial charge in [-0.3, -0.25) is 0 Å². The maximum atomic E-state index is 12.2. The van der Waals surface area contributed by atoms with Gasteiger partial charge in [-0.25, -0.2) is 4.79 Å². The molecule has 0 bridgehead atoms. The number of carbonyl (C=O) groups is 1. The summed E-state index contributed by atoms with van der Waals surface area (Å²) < 4.78 is 5.46. The van der Waals surface area contributed by atoms with Crippen LogP contribution in [0.1, 0.15) is 58.8 Å². The van der Waals surface area contributed by atoms with Crippen LogP contribution in [0.5, 0.6) is 0 Å². The third-order valence-corrected chi connectivity index (χ3v) is 5.30. The molecular weight excluding hydrogens is 242 g/mol. The summed E-state index contributed by atoms with van der Waals surface area (Å²) in [4.78, 5) is 14.1. The summed E-state index contributed by atoms with van der Waals surface area (Å²) in [5, 5.41) is 10.0. The Morgan fingerprint density at radius 3 is 2.53 bits per heavy atom. The zero-order chi connectivity index (χ0) is 13.7. The Morgan fingerprint density at radius 2 is 1.95 bits per heavy atom. The number of nitrogens with zero attached hydrogens (tertiary/aromatic N) is 1. The number of hydrogen-bond donors (Lipinski definition) is 1. The zero-order valence-corrected chi connectivity index (χ0v) is 12.0. The summed E-state index contributed by atoms with van der Waals surface area (Å²) in [5.74, 6) is 0. The van der Waals surface area contributed by atoms with Crippen molar-refractivity contribution < 1.29 is 14.6 Å². The van der Waals surface area contributed by atoms with Crippen LogP contribution < -0.4 is 0 Å². The third kappa shape index (κ3) is 2.24. The SMILES string of the molecule is CC1(C)CN(C2CC(O)CCC23CCCC3)C(=O)O1. The van der Waals surface area contributed by atoms with Crippen molar-refractivity contribution in [2.75, 3.05) is 6.54 Å². The van der Waals surface area contributed by atoms with Gasteiger partial charge in [-0.05, 0) is 51.4 Å². The number of rotatable bonds is 1. The second-order valence-electron chi connectivity index (χ2n) is 7.27. The first-order valence-corrected chi connectivity index (χ1v) is 7.60. The Morgan fingerprint density at radius 1 is 1.26 bits per heavy atom. The molecule has 2 unspecified atom stereocenters. The molecule has 4 heteroatoms. The molecule has 19 heavy (non-hydrogen) atoms. The van der Waals surface area contributed by atoms with Crippen LogP contribution in [0.15, 0.2) is 0 Å². The summed E-state index contributed by atoms with van der Waals surface area (Å²) >= 11 is 0. The van der Waals surface area contributed by atoms with Crippen molar-refractivity contribution in [2.24, 2.45) is 5.41 Å². The van der Waals surface area contributed by atoms with Crippen molar-refractivity contribution in [1.82, 2.24) is 4.90 Å². The van der Waals surface area contributed by atoms with E-state index in [0.717, 1.165) is 19.3 Å². The van der Waals surface area contributed by atoms with Gasteiger partial charge in [-0.1, -0.05) is 12.8 Å². The fourth-order valence-corrected chi connectivity index (χ4v) is 4.41. The molecule has 0 aromatic heterocycles. The number of cyclic esters (lactones) is 1. The smallest absolute Gasteiger partial charge is 0.410 e. The van der Waals surface area contributed by atoms with Crippen molar-refractivity contribution >= 4 is 6.09 Å². The van der Waals surface area contributed by atoms with Gasteiger partial charge < -0.3 is 14.7 Å². The van der Waals surface area contributed by atoms with Crippen molar-refractivity contribution in [2.45, 2.75) is 76.5 Å². The molecule has 1 saturated heterocycles. The average Bonchev–Trinajstić information content (AvgIpc) is 2.88. The van der Waals surface area contributed by atoms with E-state index in [1.165, 1.54) is 25.7 Å². The van der Waals surface area contributed by atoms with Gasteiger partial charge in [0.1, 0.15) is 5.60 Å². The highest BCUT2D eigenvalue weighted by Gasteiger charge is 2.52. The summed E-state index contributed by atoms with van der Waals surface area (Å²) in [5.41, 5.74) is -0.141. The van der Waals surface area contributed by atoms with E-state index in [4.69, 9.17) is 4.74 Å². The molecule has 2 saturated carbocycles. The normalized spacial score (nSPS) is 36.8. The molecule has 0 aromatic carbocycles. The van der Waals surface area contributed by atoms with Gasteiger partial charge in [0.15, 0.2) is 0 Å². The monoisotopic (exact) mass is 267 g/mol. The summed E-state index contributed by atoms with van der Waals surface area (Å²) in [7, 11) is 0. The largest absolute Gasteiger partial charge is 0.441 e. The first kappa shape index (κ1) is 13.2. The van der Waals surface area contributed by atoms with Gasteiger partial charge in [0.05, 0.1) is 12.6 Å². The molecule has 3 fully saturated rings. The lowest BCUT2D eigenvalue weighted by molar-refractivity contribution is -0.00701. The minimum absolute atomic E-state index is 0.174. The van der Waals surface area contributed by atoms with E-state index in [9.17, 15) is 9.90 Å². The molecule has 1 heterocycles. The van der Waals surface area contributed by atoms with Crippen molar-refractivity contribution in [3.8, 4) is 0 Å². The number of amides is 1. The number of aliphatic hydroxyl groups is 1. The fourth-order valence-electron chi connectivity index (χ4n) is 4.41. The van der Waals surface area contributed by atoms with E-state index in [2.05, 4.69) is 0 Å². The summed E-state index contributed by atoms with van der Waals surface area (Å²) in [6.07, 6.45) is 7.17. The average molecular weight is 267 g/mol. The van der Waals surface area contributed by atoms with Crippen LogP contribution in [-0.2, 0) is 4.74 Å². The van der Waals surface area contributed by atoms with E-state index in [-0.39, 0.29) is 29.3 Å². The highest BCUT2D eigenvalue weighted by Crippen LogP contribution is 2.51. The van der Waals surface area contributed by atoms with Crippen LogP contribution in [0, 0.1) is 5.41 Å². The first-order chi connectivity index (χ1) is 8.92. The second-order valence-corrected chi connectivity index (χ2v) is 7.27. The maximum absolute atomic E-state index is 12.2. The number of ether oxygens (including phenoxy) is 1. The lowest BCUT2D eigenvalue weighted by Crippen LogP contribution is -2.52. The molecule has 4 nitrogen and oxygen atoms in total. The number of aliphatic hydroxyl groups excluding tert-OH is 1. The summed E-state index contributed by atoms with van der Waals surface area (Å²) in [6, 6.07) is 0.174. The summed E-state index contributed by atoms with van der Waals surface area (Å²) in [6.45, 7) is 4.59. The highest BCUT2D eigenvalue weighted by atomic mass is 16.6. The van der Waals surface area contributed by atoms with E-state index in [0.29, 0.717) is 6.54 Å². The Hall–Kier alpha value is -0.770. The molecule has 108 valence electrons. The van der Waals surface area contributed by atoms with E-state index in [1.807, 2.05) is 18.7 Å². The zero-order valence-electron chi connectivity index (χ0n) is 12.0. The van der Waals surface area contributed by atoms with E-state index >= 15 is 0 Å². The first-order valence-electron chi connectivity index (χ1n) is 7.60. The topological polar surface area (TPSA) is 49.8 Å². The molecule has 0 aromatic rings. The van der Waals surface area contributed by atoms with Crippen LogP contribution in [0.4, 0.5) is 4.79 Å². The van der Waals surface area contributed by atoms with Crippen molar-refractivity contribution in [1.29, 1.82) is 0 Å². The van der Waals surface area contributed by atoms with Crippen molar-refractivity contribution in [3.05, 3.63) is 0 Å². The van der Waals surface area contributed by atoms with Crippen LogP contribution in [0.25, 0.3) is 0 Å². The minimum Gasteiger partial charge on any atom is -0.441 e. The molecule has 1 N–H and O–H groups in total. The Balaban J connectivity index is 1.85. The van der Waals surface area contributed by atoms with Gasteiger partial charge in [0.2, 0.25) is 0 Å². The quantitative estimate of drug-likeness (QED) is 0.794. The van der Waals surface area contributed by atoms with Crippen molar-refractivity contribution in [3.63, 3.8) is 0 Å². The van der Waals surface area contributed by atoms with Crippen LogP contribution >= 0.6 is 0 Å². The van der Waals surface area contributed by atoms with E-state index in [1.54, 1.807) is 0 Å². The maximum Gasteiger partial charge on any atom is 0.410 e. The fraction of sp³-hybridized carbons (Fsp3) is 0.933.